The van der Waals surface area contributed by atoms with Gasteiger partial charge in [-0.05, 0) is 17.2 Å². The highest BCUT2D eigenvalue weighted by atomic mass is 16.5. The van der Waals surface area contributed by atoms with Gasteiger partial charge in [-0.15, -0.1) is 0 Å². The third kappa shape index (κ3) is 2.47. The Morgan fingerprint density at radius 3 is 2.46 bits per heavy atom. The molecule has 0 bridgehead atoms. The minimum Gasteiger partial charge on any atom is -0.467 e. The monoisotopic (exact) mass is 348 g/mol. The molecule has 1 aliphatic rings. The Bertz CT molecular complexity index is 977. The number of aromatic amines is 1. The summed E-state index contributed by atoms with van der Waals surface area (Å²) >= 11 is 0. The van der Waals surface area contributed by atoms with Crippen LogP contribution in [0.1, 0.15) is 29.8 Å². The first-order chi connectivity index (χ1) is 12.6. The molecule has 0 radical (unpaired) electrons. The molecule has 1 amide bonds. The highest BCUT2D eigenvalue weighted by Gasteiger charge is 2.42. The van der Waals surface area contributed by atoms with E-state index in [2.05, 4.69) is 4.98 Å². The number of nitrogens with zero attached hydrogens (tertiary/aromatic N) is 1. The number of amides is 1. The average Bonchev–Trinajstić information content (AvgIpc) is 3.04. The maximum absolute atomic E-state index is 12.5. The molecule has 2 atom stereocenters. The minimum absolute atomic E-state index is 0.154. The Kier molecular flexibility index (Phi) is 3.99. The van der Waals surface area contributed by atoms with E-state index >= 15 is 0 Å². The fourth-order valence-electron chi connectivity index (χ4n) is 3.98. The summed E-state index contributed by atoms with van der Waals surface area (Å²) < 4.78 is 5.01. The third-order valence-electron chi connectivity index (χ3n) is 5.08. The van der Waals surface area contributed by atoms with Crippen molar-refractivity contribution in [3.8, 4) is 0 Å². The SMILES string of the molecule is COC(=O)C1Cc2c([nH]c3ccccc23)C(c2ccccc2)N1C(C)=O. The van der Waals surface area contributed by atoms with Crippen LogP contribution < -0.4 is 0 Å². The van der Waals surface area contributed by atoms with E-state index in [0.717, 1.165) is 27.7 Å². The molecule has 3 aromatic rings. The topological polar surface area (TPSA) is 62.4 Å². The van der Waals surface area contributed by atoms with Gasteiger partial charge in [0.25, 0.3) is 0 Å². The number of ether oxygens (including phenoxy) is 1. The maximum atomic E-state index is 12.5. The number of aromatic nitrogens is 1. The summed E-state index contributed by atoms with van der Waals surface area (Å²) in [6.45, 7) is 1.50. The van der Waals surface area contributed by atoms with Crippen LogP contribution in [0, 0.1) is 0 Å². The maximum Gasteiger partial charge on any atom is 0.328 e. The van der Waals surface area contributed by atoms with Crippen LogP contribution in [-0.4, -0.2) is 34.9 Å². The van der Waals surface area contributed by atoms with Gasteiger partial charge in [-0.1, -0.05) is 48.5 Å². The first-order valence-electron chi connectivity index (χ1n) is 8.63. The Morgan fingerprint density at radius 1 is 1.08 bits per heavy atom. The molecule has 2 heterocycles. The molecule has 2 unspecified atom stereocenters. The zero-order chi connectivity index (χ0) is 18.3. The molecule has 0 saturated heterocycles. The molecule has 1 N–H and O–H groups in total. The number of benzene rings is 2. The van der Waals surface area contributed by atoms with E-state index in [4.69, 9.17) is 4.74 Å². The number of H-pyrrole nitrogens is 1. The van der Waals surface area contributed by atoms with Crippen molar-refractivity contribution in [2.75, 3.05) is 7.11 Å². The summed E-state index contributed by atoms with van der Waals surface area (Å²) in [4.78, 5) is 30.2. The highest BCUT2D eigenvalue weighted by Crippen LogP contribution is 2.41. The van der Waals surface area contributed by atoms with Crippen molar-refractivity contribution in [3.05, 3.63) is 71.4 Å². The van der Waals surface area contributed by atoms with Crippen molar-refractivity contribution in [1.82, 2.24) is 9.88 Å². The second-order valence-electron chi connectivity index (χ2n) is 6.55. The summed E-state index contributed by atoms with van der Waals surface area (Å²) in [6.07, 6.45) is 0.439. The van der Waals surface area contributed by atoms with Crippen LogP contribution in [0.15, 0.2) is 54.6 Å². The number of carbonyl (C=O) groups excluding carboxylic acids is 2. The number of nitrogens with one attached hydrogen (secondary N) is 1. The van der Waals surface area contributed by atoms with E-state index in [0.29, 0.717) is 6.42 Å². The molecule has 0 fully saturated rings. The molecule has 5 nitrogen and oxygen atoms in total. The van der Waals surface area contributed by atoms with Gasteiger partial charge in [-0.25, -0.2) is 4.79 Å². The van der Waals surface area contributed by atoms with Gasteiger partial charge in [0.2, 0.25) is 5.91 Å². The van der Waals surface area contributed by atoms with Crippen molar-refractivity contribution in [2.45, 2.75) is 25.4 Å². The zero-order valence-corrected chi connectivity index (χ0v) is 14.7. The van der Waals surface area contributed by atoms with E-state index in [9.17, 15) is 9.59 Å². The number of hydrogen-bond acceptors (Lipinski definition) is 3. The van der Waals surface area contributed by atoms with Crippen molar-refractivity contribution >= 4 is 22.8 Å². The summed E-state index contributed by atoms with van der Waals surface area (Å²) in [6, 6.07) is 16.8. The van der Waals surface area contributed by atoms with Crippen molar-refractivity contribution in [2.24, 2.45) is 0 Å². The van der Waals surface area contributed by atoms with Crippen LogP contribution in [0.2, 0.25) is 0 Å². The second-order valence-corrected chi connectivity index (χ2v) is 6.55. The fourth-order valence-corrected chi connectivity index (χ4v) is 3.98. The lowest BCUT2D eigenvalue weighted by Crippen LogP contribution is -2.51. The standard InChI is InChI=1S/C21H20N2O3/c1-13(24)23-18(21(25)26-2)12-16-15-10-6-7-11-17(15)22-19(16)20(23)14-8-4-3-5-9-14/h3-11,18,20,22H,12H2,1-2H3. The van der Waals surface area contributed by atoms with Crippen LogP contribution in [0.4, 0.5) is 0 Å². The lowest BCUT2D eigenvalue weighted by atomic mass is 9.88. The van der Waals surface area contributed by atoms with Crippen LogP contribution >= 0.6 is 0 Å². The Labute approximate surface area is 151 Å². The Balaban J connectivity index is 1.98. The van der Waals surface area contributed by atoms with Crippen molar-refractivity contribution in [1.29, 1.82) is 0 Å². The van der Waals surface area contributed by atoms with Crippen molar-refractivity contribution < 1.29 is 14.3 Å². The summed E-state index contributed by atoms with van der Waals surface area (Å²) in [5, 5.41) is 1.08. The normalized spacial score (nSPS) is 19.2. The van der Waals surface area contributed by atoms with Gasteiger partial charge in [0.05, 0.1) is 13.2 Å². The molecule has 0 saturated carbocycles. The number of methoxy groups -OCH3 is 1. The number of esters is 1. The number of hydrogen-bond donors (Lipinski definition) is 1. The Morgan fingerprint density at radius 2 is 1.77 bits per heavy atom. The number of carbonyl (C=O) groups is 2. The molecular formula is C21H20N2O3. The van der Waals surface area contributed by atoms with Crippen LogP contribution in [0.3, 0.4) is 0 Å². The predicted octanol–water partition coefficient (Wildman–Crippen LogP) is 3.20. The molecule has 0 spiro atoms. The van der Waals surface area contributed by atoms with Crippen molar-refractivity contribution in [3.63, 3.8) is 0 Å². The van der Waals surface area contributed by atoms with E-state index in [-0.39, 0.29) is 11.9 Å². The smallest absolute Gasteiger partial charge is 0.328 e. The second kappa shape index (κ2) is 6.33. The molecule has 5 heteroatoms. The third-order valence-corrected chi connectivity index (χ3v) is 5.08. The van der Waals surface area contributed by atoms with E-state index in [1.54, 1.807) is 4.90 Å². The van der Waals surface area contributed by atoms with Gasteiger partial charge in [-0.3, -0.25) is 4.79 Å². The lowest BCUT2D eigenvalue weighted by Gasteiger charge is -2.40. The summed E-state index contributed by atoms with van der Waals surface area (Å²) in [5.74, 6) is -0.546. The summed E-state index contributed by atoms with van der Waals surface area (Å²) in [5.41, 5.74) is 4.01. The van der Waals surface area contributed by atoms with Gasteiger partial charge >= 0.3 is 5.97 Å². The lowest BCUT2D eigenvalue weighted by molar-refractivity contribution is -0.154. The largest absolute Gasteiger partial charge is 0.467 e. The van der Waals surface area contributed by atoms with Gasteiger partial charge in [-0.2, -0.15) is 0 Å². The Hall–Kier alpha value is -3.08. The zero-order valence-electron chi connectivity index (χ0n) is 14.7. The molecule has 1 aliphatic heterocycles. The highest BCUT2D eigenvalue weighted by molar-refractivity contribution is 5.90. The van der Waals surface area contributed by atoms with Gasteiger partial charge < -0.3 is 14.6 Å². The fraction of sp³-hybridized carbons (Fsp3) is 0.238. The van der Waals surface area contributed by atoms with Gasteiger partial charge in [0, 0.05) is 29.9 Å². The number of rotatable bonds is 2. The molecule has 1 aromatic heterocycles. The molecular weight excluding hydrogens is 328 g/mol. The van der Waals surface area contributed by atoms with Gasteiger partial charge in [0.15, 0.2) is 0 Å². The van der Waals surface area contributed by atoms with Crippen LogP contribution in [0.25, 0.3) is 10.9 Å². The van der Waals surface area contributed by atoms with Crippen LogP contribution in [0.5, 0.6) is 0 Å². The minimum atomic E-state index is -0.644. The molecule has 4 rings (SSSR count). The molecule has 0 aliphatic carbocycles. The number of para-hydroxylation sites is 1. The van der Waals surface area contributed by atoms with Gasteiger partial charge in [0.1, 0.15) is 6.04 Å². The molecule has 2 aromatic carbocycles. The predicted molar refractivity (Wildman–Crippen MR) is 98.6 cm³/mol. The quantitative estimate of drug-likeness (QED) is 0.724. The first-order valence-corrected chi connectivity index (χ1v) is 8.63. The molecule has 26 heavy (non-hydrogen) atoms. The van der Waals surface area contributed by atoms with E-state index in [1.807, 2.05) is 54.6 Å². The van der Waals surface area contributed by atoms with E-state index < -0.39 is 12.0 Å². The van der Waals surface area contributed by atoms with Crippen LogP contribution in [-0.2, 0) is 20.7 Å². The first kappa shape index (κ1) is 16.4. The summed E-state index contributed by atoms with van der Waals surface area (Å²) in [7, 11) is 1.36. The average molecular weight is 348 g/mol. The number of fused-ring (bicyclic) bond motifs is 3. The van der Waals surface area contributed by atoms with E-state index in [1.165, 1.54) is 14.0 Å². The molecule has 132 valence electrons.